The third kappa shape index (κ3) is 3.67. The molecule has 0 aromatic heterocycles. The largest absolute Gasteiger partial charge is 0.306 e. The average molecular weight is 460 g/mol. The van der Waals surface area contributed by atoms with E-state index in [-0.39, 0.29) is 23.9 Å². The highest BCUT2D eigenvalue weighted by Crippen LogP contribution is 2.44. The number of hydrogen-bond donors (Lipinski definition) is 0. The van der Waals surface area contributed by atoms with Crippen molar-refractivity contribution in [1.82, 2.24) is 4.90 Å². The Morgan fingerprint density at radius 1 is 0.629 bits per heavy atom. The molecule has 6 rings (SSSR count). The lowest BCUT2D eigenvalue weighted by Gasteiger charge is -2.56. The number of hydrogen-bond acceptors (Lipinski definition) is 2. The Kier molecular flexibility index (Phi) is 5.31. The van der Waals surface area contributed by atoms with E-state index >= 15 is 0 Å². The van der Waals surface area contributed by atoms with Crippen LogP contribution in [0.3, 0.4) is 0 Å². The van der Waals surface area contributed by atoms with Gasteiger partial charge in [-0.1, -0.05) is 103 Å². The number of benzene rings is 4. The monoisotopic (exact) mass is 459 g/mol. The van der Waals surface area contributed by atoms with Gasteiger partial charge in [0, 0.05) is 16.7 Å². The molecule has 0 bridgehead atoms. The molecule has 0 radical (unpaired) electrons. The quantitative estimate of drug-likeness (QED) is 0.283. The van der Waals surface area contributed by atoms with Gasteiger partial charge in [0.05, 0.1) is 11.1 Å². The first-order valence-electron chi connectivity index (χ1n) is 12.1. The van der Waals surface area contributed by atoms with E-state index in [9.17, 15) is 9.59 Å². The number of fused-ring (bicyclic) bond motifs is 1. The summed E-state index contributed by atoms with van der Waals surface area (Å²) < 4.78 is 0.760. The molecule has 4 heteroatoms. The van der Waals surface area contributed by atoms with E-state index in [2.05, 4.69) is 72.8 Å². The Bertz CT molecular complexity index is 1290. The molecular formula is C31H27N2O2+. The highest BCUT2D eigenvalue weighted by atomic mass is 16.2. The number of likely N-dealkylation sites (tertiary alicyclic amines) is 1. The van der Waals surface area contributed by atoms with E-state index in [0.29, 0.717) is 11.1 Å². The summed E-state index contributed by atoms with van der Waals surface area (Å²) in [6.45, 7) is 2.26. The fraction of sp³-hybridized carbons (Fsp3) is 0.161. The van der Waals surface area contributed by atoms with Crippen LogP contribution in [0.2, 0.25) is 0 Å². The molecule has 172 valence electrons. The highest BCUT2D eigenvalue weighted by Gasteiger charge is 2.56. The third-order valence-corrected chi connectivity index (χ3v) is 7.46. The molecule has 2 aliphatic heterocycles. The lowest BCUT2D eigenvalue weighted by atomic mass is 9.87. The summed E-state index contributed by atoms with van der Waals surface area (Å²) >= 11 is 0. The van der Waals surface area contributed by atoms with Crippen molar-refractivity contribution < 1.29 is 14.1 Å². The van der Waals surface area contributed by atoms with E-state index in [4.69, 9.17) is 0 Å². The second-order valence-corrected chi connectivity index (χ2v) is 9.63. The fourth-order valence-electron chi connectivity index (χ4n) is 5.96. The van der Waals surface area contributed by atoms with E-state index in [0.717, 1.165) is 24.1 Å². The fourth-order valence-corrected chi connectivity index (χ4v) is 5.96. The average Bonchev–Trinajstić information content (AvgIpc) is 3.14. The van der Waals surface area contributed by atoms with Gasteiger partial charge in [0.1, 0.15) is 31.7 Å². The predicted octanol–water partition coefficient (Wildman–Crippen LogP) is 5.47. The number of rotatable bonds is 6. The molecule has 2 amide bonds. The van der Waals surface area contributed by atoms with Crippen molar-refractivity contribution in [1.29, 1.82) is 0 Å². The summed E-state index contributed by atoms with van der Waals surface area (Å²) in [5.74, 6) is -0.326. The van der Waals surface area contributed by atoms with Crippen molar-refractivity contribution in [2.45, 2.75) is 18.6 Å². The topological polar surface area (TPSA) is 37.4 Å². The van der Waals surface area contributed by atoms with E-state index in [1.165, 1.54) is 21.6 Å². The van der Waals surface area contributed by atoms with Crippen LogP contribution in [0.5, 0.6) is 0 Å². The zero-order valence-corrected chi connectivity index (χ0v) is 19.5. The molecule has 0 unspecified atom stereocenters. The molecule has 0 spiro atoms. The Hall–Kier alpha value is -4.02. The molecule has 1 fully saturated rings. The third-order valence-electron chi connectivity index (χ3n) is 7.46. The summed E-state index contributed by atoms with van der Waals surface area (Å²) in [5, 5.41) is 0. The second-order valence-electron chi connectivity index (χ2n) is 9.63. The zero-order chi connectivity index (χ0) is 23.8. The normalized spacial score (nSPS) is 21.2. The smallest absolute Gasteiger partial charge is 0.262 e. The molecule has 2 heterocycles. The van der Waals surface area contributed by atoms with E-state index < -0.39 is 0 Å². The molecule has 4 aromatic rings. The van der Waals surface area contributed by atoms with E-state index in [1.54, 1.807) is 12.1 Å². The van der Waals surface area contributed by atoms with Gasteiger partial charge in [-0.2, -0.15) is 0 Å². The van der Waals surface area contributed by atoms with Crippen LogP contribution >= 0.6 is 0 Å². The number of amides is 2. The van der Waals surface area contributed by atoms with Crippen molar-refractivity contribution in [2.24, 2.45) is 0 Å². The van der Waals surface area contributed by atoms with Crippen LogP contribution in [0.4, 0.5) is 0 Å². The molecule has 35 heavy (non-hydrogen) atoms. The van der Waals surface area contributed by atoms with Gasteiger partial charge in [0.15, 0.2) is 0 Å². The van der Waals surface area contributed by atoms with Crippen LogP contribution < -0.4 is 0 Å². The first kappa shape index (κ1) is 21.5. The Morgan fingerprint density at radius 2 is 1.06 bits per heavy atom. The number of quaternary nitrogens is 1. The van der Waals surface area contributed by atoms with Gasteiger partial charge < -0.3 is 4.48 Å². The van der Waals surface area contributed by atoms with E-state index in [1.807, 2.05) is 30.3 Å². The predicted molar refractivity (Wildman–Crippen MR) is 136 cm³/mol. The molecule has 0 atom stereocenters. The van der Waals surface area contributed by atoms with Crippen LogP contribution in [0.15, 0.2) is 115 Å². The minimum absolute atomic E-state index is 0.101. The van der Waals surface area contributed by atoms with Crippen LogP contribution in [0, 0.1) is 0 Å². The first-order valence-corrected chi connectivity index (χ1v) is 12.1. The van der Waals surface area contributed by atoms with Gasteiger partial charge in [-0.25, -0.2) is 0 Å². The SMILES string of the molecule is O=C1c2ccccc2C(=O)N1C1C[N+](Cc2ccccc2)(C(c2ccccc2)c2ccccc2)C1. The first-order chi connectivity index (χ1) is 17.2. The molecule has 0 N–H and O–H groups in total. The standard InChI is InChI=1S/C31H27N2O2/c34-30-27-18-10-11-19-28(27)31(35)32(30)26-21-33(22-26,20-23-12-4-1-5-13-23)29(24-14-6-2-7-15-24)25-16-8-3-9-17-25/h1-19,26,29H,20-22H2/q+1. The molecule has 2 aliphatic rings. The number of carbonyl (C=O) groups is 2. The van der Waals surface area contributed by atoms with Crippen molar-refractivity contribution in [2.75, 3.05) is 13.1 Å². The molecule has 0 aliphatic carbocycles. The maximum absolute atomic E-state index is 13.2. The maximum Gasteiger partial charge on any atom is 0.262 e. The summed E-state index contributed by atoms with van der Waals surface area (Å²) in [7, 11) is 0. The van der Waals surface area contributed by atoms with Gasteiger partial charge in [0.25, 0.3) is 11.8 Å². The van der Waals surface area contributed by atoms with Gasteiger partial charge >= 0.3 is 0 Å². The lowest BCUT2D eigenvalue weighted by Crippen LogP contribution is -2.72. The van der Waals surface area contributed by atoms with Gasteiger partial charge in [-0.15, -0.1) is 0 Å². The summed E-state index contributed by atoms with van der Waals surface area (Å²) in [6, 6.07) is 38.9. The van der Waals surface area contributed by atoms with Gasteiger partial charge in [-0.3, -0.25) is 14.5 Å². The summed E-state index contributed by atoms with van der Waals surface area (Å²) in [5.41, 5.74) is 4.79. The minimum atomic E-state index is -0.163. The molecule has 4 nitrogen and oxygen atoms in total. The maximum atomic E-state index is 13.2. The van der Waals surface area contributed by atoms with Crippen molar-refractivity contribution in [3.8, 4) is 0 Å². The number of imide groups is 1. The summed E-state index contributed by atoms with van der Waals surface area (Å²) in [6.07, 6.45) is 0. The van der Waals surface area contributed by atoms with Crippen molar-refractivity contribution in [3.63, 3.8) is 0 Å². The van der Waals surface area contributed by atoms with Crippen molar-refractivity contribution in [3.05, 3.63) is 143 Å². The molecular weight excluding hydrogens is 432 g/mol. The van der Waals surface area contributed by atoms with Gasteiger partial charge in [-0.05, 0) is 12.1 Å². The van der Waals surface area contributed by atoms with Crippen LogP contribution in [-0.2, 0) is 6.54 Å². The van der Waals surface area contributed by atoms with Gasteiger partial charge in [0.2, 0.25) is 0 Å². The number of carbonyl (C=O) groups excluding carboxylic acids is 2. The Balaban J connectivity index is 1.40. The minimum Gasteiger partial charge on any atom is -0.306 e. The summed E-state index contributed by atoms with van der Waals surface area (Å²) in [4.78, 5) is 28.0. The zero-order valence-electron chi connectivity index (χ0n) is 19.5. The number of nitrogens with zero attached hydrogens (tertiary/aromatic N) is 2. The Labute approximate surface area is 205 Å². The Morgan fingerprint density at radius 3 is 1.54 bits per heavy atom. The van der Waals surface area contributed by atoms with Crippen LogP contribution in [0.1, 0.15) is 43.4 Å². The second kappa shape index (κ2) is 8.64. The molecule has 4 aromatic carbocycles. The van der Waals surface area contributed by atoms with Crippen LogP contribution in [-0.4, -0.2) is 40.3 Å². The lowest BCUT2D eigenvalue weighted by molar-refractivity contribution is -1.00. The van der Waals surface area contributed by atoms with Crippen LogP contribution in [0.25, 0.3) is 0 Å². The molecule has 1 saturated heterocycles. The molecule has 0 saturated carbocycles. The van der Waals surface area contributed by atoms with Crippen molar-refractivity contribution >= 4 is 11.8 Å². The highest BCUT2D eigenvalue weighted by molar-refractivity contribution is 6.21.